The van der Waals surface area contributed by atoms with Gasteiger partial charge in [-0.15, -0.1) is 12.4 Å². The molecule has 74 valence electrons. The van der Waals surface area contributed by atoms with Crippen LogP contribution >= 0.6 is 12.4 Å². The molecule has 0 bridgehead atoms. The number of carboxylic acids is 1. The van der Waals surface area contributed by atoms with Crippen molar-refractivity contribution in [2.24, 2.45) is 0 Å². The second-order valence-electron chi connectivity index (χ2n) is 2.70. The standard InChI is InChI=1S/C9H8N2O2.ClH/c1-5-3-7(4-10)11-6(2)8(5)9(12)13;/h3H,1-2H3,(H,12,13);1H. The first kappa shape index (κ1) is 12.4. The van der Waals surface area contributed by atoms with Gasteiger partial charge < -0.3 is 5.11 Å². The lowest BCUT2D eigenvalue weighted by molar-refractivity contribution is 0.0695. The minimum absolute atomic E-state index is 0. The Labute approximate surface area is 87.6 Å². The molecular weight excluding hydrogens is 204 g/mol. The highest BCUT2D eigenvalue weighted by atomic mass is 35.5. The summed E-state index contributed by atoms with van der Waals surface area (Å²) in [7, 11) is 0. The fourth-order valence-corrected chi connectivity index (χ4v) is 1.21. The molecule has 0 aliphatic heterocycles. The molecule has 1 rings (SSSR count). The molecule has 0 amide bonds. The van der Waals surface area contributed by atoms with Gasteiger partial charge in [-0.1, -0.05) is 0 Å². The Morgan fingerprint density at radius 1 is 1.57 bits per heavy atom. The summed E-state index contributed by atoms with van der Waals surface area (Å²) in [6, 6.07) is 3.34. The van der Waals surface area contributed by atoms with E-state index in [1.165, 1.54) is 6.07 Å². The molecule has 0 aliphatic carbocycles. The van der Waals surface area contributed by atoms with Gasteiger partial charge in [0.2, 0.25) is 0 Å². The second-order valence-corrected chi connectivity index (χ2v) is 2.70. The van der Waals surface area contributed by atoms with Crippen molar-refractivity contribution in [2.75, 3.05) is 0 Å². The van der Waals surface area contributed by atoms with Crippen LogP contribution in [0.3, 0.4) is 0 Å². The summed E-state index contributed by atoms with van der Waals surface area (Å²) in [6.45, 7) is 3.23. The number of nitriles is 1. The molecule has 1 aromatic rings. The highest BCUT2D eigenvalue weighted by Gasteiger charge is 2.12. The highest BCUT2D eigenvalue weighted by molar-refractivity contribution is 5.90. The molecule has 4 nitrogen and oxygen atoms in total. The van der Waals surface area contributed by atoms with Gasteiger partial charge in [0, 0.05) is 0 Å². The van der Waals surface area contributed by atoms with E-state index in [4.69, 9.17) is 10.4 Å². The van der Waals surface area contributed by atoms with Crippen LogP contribution in [0.15, 0.2) is 6.07 Å². The van der Waals surface area contributed by atoms with Gasteiger partial charge in [-0.2, -0.15) is 5.26 Å². The van der Waals surface area contributed by atoms with E-state index >= 15 is 0 Å². The van der Waals surface area contributed by atoms with Crippen LogP contribution in [0.5, 0.6) is 0 Å². The van der Waals surface area contributed by atoms with E-state index in [0.29, 0.717) is 11.3 Å². The van der Waals surface area contributed by atoms with E-state index in [0.717, 1.165) is 0 Å². The molecular formula is C9H9ClN2O2. The smallest absolute Gasteiger partial charge is 0.337 e. The molecule has 1 aromatic heterocycles. The van der Waals surface area contributed by atoms with E-state index in [1.807, 2.05) is 6.07 Å². The van der Waals surface area contributed by atoms with E-state index in [-0.39, 0.29) is 23.7 Å². The first-order valence-electron chi connectivity index (χ1n) is 3.68. The van der Waals surface area contributed by atoms with Gasteiger partial charge in [0.25, 0.3) is 0 Å². The second kappa shape index (κ2) is 4.58. The molecule has 5 heteroatoms. The average molecular weight is 213 g/mol. The SMILES string of the molecule is Cc1cc(C#N)nc(C)c1C(=O)O.Cl. The first-order valence-corrected chi connectivity index (χ1v) is 3.68. The molecule has 14 heavy (non-hydrogen) atoms. The molecule has 0 aliphatic rings. The third-order valence-corrected chi connectivity index (χ3v) is 1.73. The molecule has 0 atom stereocenters. The van der Waals surface area contributed by atoms with Gasteiger partial charge in [-0.3, -0.25) is 0 Å². The molecule has 0 saturated carbocycles. The number of halogens is 1. The Hall–Kier alpha value is -1.60. The predicted molar refractivity (Wildman–Crippen MR) is 52.6 cm³/mol. The van der Waals surface area contributed by atoms with Crippen molar-refractivity contribution in [3.63, 3.8) is 0 Å². The summed E-state index contributed by atoms with van der Waals surface area (Å²) in [5.41, 5.74) is 1.37. The van der Waals surface area contributed by atoms with Crippen LogP contribution in [-0.4, -0.2) is 16.1 Å². The third kappa shape index (κ3) is 2.21. The van der Waals surface area contributed by atoms with Gasteiger partial charge in [0.05, 0.1) is 11.3 Å². The van der Waals surface area contributed by atoms with E-state index in [9.17, 15) is 4.79 Å². The van der Waals surface area contributed by atoms with Crippen LogP contribution in [0.1, 0.15) is 27.3 Å². The zero-order valence-electron chi connectivity index (χ0n) is 7.74. The highest BCUT2D eigenvalue weighted by Crippen LogP contribution is 2.12. The van der Waals surface area contributed by atoms with Crippen molar-refractivity contribution in [2.45, 2.75) is 13.8 Å². The predicted octanol–water partition coefficient (Wildman–Crippen LogP) is 1.69. The van der Waals surface area contributed by atoms with Gasteiger partial charge in [0.1, 0.15) is 11.8 Å². The maximum absolute atomic E-state index is 10.7. The lowest BCUT2D eigenvalue weighted by Gasteiger charge is -2.03. The average Bonchev–Trinajstić information content (AvgIpc) is 2.02. The van der Waals surface area contributed by atoms with E-state index in [1.54, 1.807) is 13.8 Å². The number of pyridine rings is 1. The molecule has 0 fully saturated rings. The van der Waals surface area contributed by atoms with Crippen LogP contribution in [0.4, 0.5) is 0 Å². The van der Waals surface area contributed by atoms with Crippen LogP contribution in [0.2, 0.25) is 0 Å². The first-order chi connectivity index (χ1) is 6.06. The summed E-state index contributed by atoms with van der Waals surface area (Å²) in [5, 5.41) is 17.3. The number of hydrogen-bond acceptors (Lipinski definition) is 3. The van der Waals surface area contributed by atoms with Crippen molar-refractivity contribution >= 4 is 18.4 Å². The van der Waals surface area contributed by atoms with Crippen molar-refractivity contribution in [1.82, 2.24) is 4.98 Å². The van der Waals surface area contributed by atoms with Crippen LogP contribution < -0.4 is 0 Å². The summed E-state index contributed by atoms with van der Waals surface area (Å²) >= 11 is 0. The largest absolute Gasteiger partial charge is 0.478 e. The zero-order chi connectivity index (χ0) is 10.0. The maximum Gasteiger partial charge on any atom is 0.337 e. The minimum atomic E-state index is -1.01. The summed E-state index contributed by atoms with van der Waals surface area (Å²) in [6.07, 6.45) is 0. The van der Waals surface area contributed by atoms with Crippen LogP contribution in [-0.2, 0) is 0 Å². The van der Waals surface area contributed by atoms with Crippen LogP contribution in [0, 0.1) is 25.2 Å². The Morgan fingerprint density at radius 3 is 2.50 bits per heavy atom. The summed E-state index contributed by atoms with van der Waals surface area (Å²) < 4.78 is 0. The lowest BCUT2D eigenvalue weighted by atomic mass is 10.1. The molecule has 0 unspecified atom stereocenters. The zero-order valence-corrected chi connectivity index (χ0v) is 8.55. The number of rotatable bonds is 1. The Balaban J connectivity index is 0.00000169. The number of carboxylic acid groups (broad SMARTS) is 1. The van der Waals surface area contributed by atoms with E-state index < -0.39 is 5.97 Å². The number of aryl methyl sites for hydroxylation is 2. The van der Waals surface area contributed by atoms with Gasteiger partial charge in [-0.05, 0) is 25.5 Å². The fourth-order valence-electron chi connectivity index (χ4n) is 1.21. The maximum atomic E-state index is 10.7. The molecule has 1 N–H and O–H groups in total. The van der Waals surface area contributed by atoms with Gasteiger partial charge >= 0.3 is 5.97 Å². The van der Waals surface area contributed by atoms with E-state index in [2.05, 4.69) is 4.98 Å². The molecule has 0 aromatic carbocycles. The fraction of sp³-hybridized carbons (Fsp3) is 0.222. The van der Waals surface area contributed by atoms with Gasteiger partial charge in [-0.25, -0.2) is 9.78 Å². The van der Waals surface area contributed by atoms with Crippen molar-refractivity contribution in [1.29, 1.82) is 5.26 Å². The molecule has 0 radical (unpaired) electrons. The Bertz CT molecular complexity index is 387. The quantitative estimate of drug-likeness (QED) is 0.769. The number of nitrogens with zero attached hydrogens (tertiary/aromatic N) is 2. The van der Waals surface area contributed by atoms with Crippen LogP contribution in [0.25, 0.3) is 0 Å². The normalized spacial score (nSPS) is 8.64. The monoisotopic (exact) mass is 212 g/mol. The molecule has 0 saturated heterocycles. The lowest BCUT2D eigenvalue weighted by Crippen LogP contribution is -2.05. The third-order valence-electron chi connectivity index (χ3n) is 1.73. The minimum Gasteiger partial charge on any atom is -0.478 e. The molecule has 0 spiro atoms. The number of carbonyl (C=O) groups is 1. The number of aromatic carboxylic acids is 1. The van der Waals surface area contributed by atoms with Crippen molar-refractivity contribution < 1.29 is 9.90 Å². The van der Waals surface area contributed by atoms with Crippen molar-refractivity contribution in [3.05, 3.63) is 28.6 Å². The van der Waals surface area contributed by atoms with Crippen molar-refractivity contribution in [3.8, 4) is 6.07 Å². The number of aromatic nitrogens is 1. The van der Waals surface area contributed by atoms with Gasteiger partial charge in [0.15, 0.2) is 0 Å². The summed E-state index contributed by atoms with van der Waals surface area (Å²) in [4.78, 5) is 14.6. The Morgan fingerprint density at radius 2 is 2.14 bits per heavy atom. The number of hydrogen-bond donors (Lipinski definition) is 1. The molecule has 1 heterocycles. The topological polar surface area (TPSA) is 74.0 Å². The Kier molecular flexibility index (Phi) is 4.06. The summed E-state index contributed by atoms with van der Waals surface area (Å²) in [5.74, 6) is -1.01.